The van der Waals surface area contributed by atoms with Crippen LogP contribution in [0.2, 0.25) is 0 Å². The average molecular weight is 545 g/mol. The molecule has 1 aliphatic heterocycles. The van der Waals surface area contributed by atoms with Crippen LogP contribution in [0.25, 0.3) is 0 Å². The van der Waals surface area contributed by atoms with Crippen molar-refractivity contribution in [2.24, 2.45) is 4.99 Å². The number of thioether (sulfide) groups is 1. The van der Waals surface area contributed by atoms with Crippen molar-refractivity contribution in [3.63, 3.8) is 0 Å². The predicted molar refractivity (Wildman–Crippen MR) is 162 cm³/mol. The monoisotopic (exact) mass is 544 g/mol. The van der Waals surface area contributed by atoms with Crippen molar-refractivity contribution >= 4 is 16.8 Å². The highest BCUT2D eigenvalue weighted by Crippen LogP contribution is 2.26. The van der Waals surface area contributed by atoms with Gasteiger partial charge in [-0.1, -0.05) is 70.0 Å². The van der Waals surface area contributed by atoms with Gasteiger partial charge in [0, 0.05) is 33.6 Å². The third-order valence-corrected chi connectivity index (χ3v) is 5.48. The van der Waals surface area contributed by atoms with Crippen molar-refractivity contribution in [1.29, 1.82) is 0 Å². The van der Waals surface area contributed by atoms with Gasteiger partial charge in [-0.05, 0) is 68.6 Å². The van der Waals surface area contributed by atoms with E-state index in [-0.39, 0.29) is 13.5 Å². The van der Waals surface area contributed by atoms with Crippen LogP contribution in [0.15, 0.2) is 64.1 Å². The smallest absolute Gasteiger partial charge is 0.386 e. The molecule has 0 aromatic rings. The minimum absolute atomic E-state index is 0.116. The fourth-order valence-electron chi connectivity index (χ4n) is 2.67. The molecular formula is C30H51F3N2OS. The van der Waals surface area contributed by atoms with Crippen LogP contribution in [0.5, 0.6) is 0 Å². The lowest BCUT2D eigenvalue weighted by Crippen LogP contribution is -2.26. The molecule has 1 saturated heterocycles. The molecule has 1 fully saturated rings. The molecule has 214 valence electrons. The largest absolute Gasteiger partial charge is 0.392 e. The second-order valence-corrected chi connectivity index (χ2v) is 8.53. The molecule has 1 rings (SSSR count). The van der Waals surface area contributed by atoms with Crippen LogP contribution in [-0.2, 0) is 0 Å². The van der Waals surface area contributed by atoms with Crippen LogP contribution < -0.4 is 0 Å². The fraction of sp³-hybridized carbons (Fsp3) is 0.567. The molecule has 3 nitrogen and oxygen atoms in total. The average Bonchev–Trinajstić information content (AvgIpc) is 3.04. The molecule has 37 heavy (non-hydrogen) atoms. The van der Waals surface area contributed by atoms with Crippen LogP contribution in [0.1, 0.15) is 74.7 Å². The second-order valence-electron chi connectivity index (χ2n) is 7.37. The molecule has 1 aliphatic rings. The van der Waals surface area contributed by atoms with Gasteiger partial charge in [-0.25, -0.2) is 0 Å². The van der Waals surface area contributed by atoms with Crippen LogP contribution in [0, 0.1) is 12.3 Å². The topological polar surface area (TPSA) is 35.8 Å². The number of alkyl halides is 3. The fourth-order valence-corrected chi connectivity index (χ4v) is 3.57. The summed E-state index contributed by atoms with van der Waals surface area (Å²) in [5.41, 5.74) is 3.71. The molecule has 0 saturated carbocycles. The van der Waals surface area contributed by atoms with E-state index in [9.17, 15) is 18.3 Å². The molecule has 0 aliphatic carbocycles. The summed E-state index contributed by atoms with van der Waals surface area (Å²) in [6.45, 7) is 25.3. The van der Waals surface area contributed by atoms with E-state index in [0.29, 0.717) is 0 Å². The van der Waals surface area contributed by atoms with E-state index in [2.05, 4.69) is 55.3 Å². The van der Waals surface area contributed by atoms with Crippen LogP contribution in [0.4, 0.5) is 13.2 Å². The Labute approximate surface area is 230 Å². The first-order valence-electron chi connectivity index (χ1n) is 12.6. The maximum absolute atomic E-state index is 10.4. The van der Waals surface area contributed by atoms with Crippen molar-refractivity contribution < 1.29 is 18.3 Å². The zero-order chi connectivity index (χ0) is 29.9. The van der Waals surface area contributed by atoms with Crippen molar-refractivity contribution in [1.82, 2.24) is 4.90 Å². The predicted octanol–water partition coefficient (Wildman–Crippen LogP) is 9.01. The van der Waals surface area contributed by atoms with Crippen molar-refractivity contribution in [3.8, 4) is 12.3 Å². The Morgan fingerprint density at radius 3 is 1.89 bits per heavy atom. The first-order chi connectivity index (χ1) is 17.4. The lowest BCUT2D eigenvalue weighted by atomic mass is 10.0. The molecule has 0 bridgehead atoms. The van der Waals surface area contributed by atoms with Gasteiger partial charge in [-0.3, -0.25) is 9.89 Å². The van der Waals surface area contributed by atoms with E-state index in [1.807, 2.05) is 53.0 Å². The Balaban J connectivity index is -0.000000321. The Morgan fingerprint density at radius 1 is 1.14 bits per heavy atom. The summed E-state index contributed by atoms with van der Waals surface area (Å²) in [5, 5.41) is 10.2. The number of likely N-dealkylation sites (tertiary alicyclic amines) is 1. The number of terminal acetylenes is 1. The number of hydrogen-bond acceptors (Lipinski definition) is 4. The van der Waals surface area contributed by atoms with Crippen molar-refractivity contribution in [2.75, 3.05) is 33.3 Å². The van der Waals surface area contributed by atoms with Crippen LogP contribution >= 0.6 is 11.8 Å². The molecule has 0 aromatic heterocycles. The summed E-state index contributed by atoms with van der Waals surface area (Å²) >= 11 is 1.64. The quantitative estimate of drug-likeness (QED) is 0.157. The molecule has 7 heteroatoms. The lowest BCUT2D eigenvalue weighted by Gasteiger charge is -2.21. The maximum Gasteiger partial charge on any atom is 0.386 e. The zero-order valence-electron chi connectivity index (χ0n) is 24.6. The lowest BCUT2D eigenvalue weighted by molar-refractivity contribution is -0.110. The van der Waals surface area contributed by atoms with Crippen molar-refractivity contribution in [2.45, 2.75) is 80.8 Å². The third-order valence-electron chi connectivity index (χ3n) is 4.40. The number of aliphatic imine (C=N–C) groups is 1. The molecule has 1 N–H and O–H groups in total. The van der Waals surface area contributed by atoms with Gasteiger partial charge in [0.15, 0.2) is 0 Å². The van der Waals surface area contributed by atoms with Crippen LogP contribution in [0.3, 0.4) is 0 Å². The highest BCUT2D eigenvalue weighted by molar-refractivity contribution is 8.17. The van der Waals surface area contributed by atoms with Gasteiger partial charge in [-0.2, -0.15) is 13.2 Å². The summed E-state index contributed by atoms with van der Waals surface area (Å²) in [6, 6.07) is 0. The Bertz CT molecular complexity index is 748. The van der Waals surface area contributed by atoms with E-state index in [0.717, 1.165) is 54.4 Å². The standard InChI is InChI=1S/C19H30N2OS.C4H8.C3H4.C2H3F3.C2H6/c1-6-15(3)19(20-5)23-16(4)14-21-11-8-17(7-2)18(9-12-21)10-13-22;1-3-4-2;1-3-2;1-2(3,4)5;1-2/h7,10,22H,3-4,6,8-9,11-14H2,1-2,5H3;3-4H,1-2H3;1H,2H3;1H3;1-2H3/b17-7-,18-10-,20-19?;4-3-;;;. The van der Waals surface area contributed by atoms with E-state index >= 15 is 0 Å². The molecule has 0 aromatic carbocycles. The first-order valence-corrected chi connectivity index (χ1v) is 13.4. The molecule has 1 heterocycles. The van der Waals surface area contributed by atoms with Gasteiger partial charge >= 0.3 is 6.18 Å². The van der Waals surface area contributed by atoms with E-state index in [4.69, 9.17) is 0 Å². The summed E-state index contributed by atoms with van der Waals surface area (Å²) in [4.78, 5) is 7.86. The summed E-state index contributed by atoms with van der Waals surface area (Å²) < 4.78 is 31.1. The Hall–Kier alpha value is -2.01. The molecular weight excluding hydrogens is 493 g/mol. The first kappa shape index (κ1) is 42.1. The number of hydrogen-bond donors (Lipinski definition) is 1. The molecule has 0 spiro atoms. The van der Waals surface area contributed by atoms with Crippen LogP contribution in [-0.4, -0.2) is 54.5 Å². The molecule has 0 unspecified atom stereocenters. The van der Waals surface area contributed by atoms with Gasteiger partial charge in [0.2, 0.25) is 0 Å². The van der Waals surface area contributed by atoms with Gasteiger partial charge < -0.3 is 5.11 Å². The minimum atomic E-state index is -4.00. The number of rotatable bonds is 6. The third kappa shape index (κ3) is 30.1. The normalized spacial score (nSPS) is 15.9. The summed E-state index contributed by atoms with van der Waals surface area (Å²) in [7, 11) is 1.81. The Kier molecular flexibility index (Phi) is 32.5. The van der Waals surface area contributed by atoms with Crippen molar-refractivity contribution in [3.05, 3.63) is 59.1 Å². The van der Waals surface area contributed by atoms with Gasteiger partial charge in [0.1, 0.15) is 0 Å². The number of allylic oxidation sites excluding steroid dienone is 3. The Morgan fingerprint density at radius 2 is 1.57 bits per heavy atom. The SMILES string of the molecule is C#CC.C/C=C\C.C=C(CN1CCC(=C/C)/C(=C\CO)CC1)SC(=NC)C(=C)CC.CC.CC(F)(F)F. The van der Waals surface area contributed by atoms with Gasteiger partial charge in [-0.15, -0.1) is 12.3 Å². The zero-order valence-corrected chi connectivity index (χ0v) is 25.5. The molecule has 0 radical (unpaired) electrons. The maximum atomic E-state index is 10.4. The number of halogens is 3. The summed E-state index contributed by atoms with van der Waals surface area (Å²) in [6.07, 6.45) is 11.6. The van der Waals surface area contributed by atoms with Gasteiger partial charge in [0.05, 0.1) is 11.7 Å². The number of nitrogens with zero attached hydrogens (tertiary/aromatic N) is 2. The van der Waals surface area contributed by atoms with Gasteiger partial charge in [0.25, 0.3) is 0 Å². The van der Waals surface area contributed by atoms with E-state index in [1.54, 1.807) is 18.7 Å². The van der Waals surface area contributed by atoms with E-state index < -0.39 is 6.18 Å². The minimum Gasteiger partial charge on any atom is -0.392 e. The summed E-state index contributed by atoms with van der Waals surface area (Å²) in [5.74, 6) is 2.25. The highest BCUT2D eigenvalue weighted by atomic mass is 32.2. The number of aliphatic hydroxyl groups is 1. The molecule has 0 amide bonds. The van der Waals surface area contributed by atoms with E-state index in [1.165, 1.54) is 11.1 Å². The highest BCUT2D eigenvalue weighted by Gasteiger charge is 2.17. The second kappa shape index (κ2) is 28.6. The number of aliphatic hydroxyl groups excluding tert-OH is 1. The molecule has 0 atom stereocenters.